The summed E-state index contributed by atoms with van der Waals surface area (Å²) < 4.78 is 0. The summed E-state index contributed by atoms with van der Waals surface area (Å²) >= 11 is 0. The molecule has 0 amide bonds. The lowest BCUT2D eigenvalue weighted by molar-refractivity contribution is 0.996. The largest absolute Gasteiger partial charge is 0.355 e. The number of rotatable bonds is 8. The fraction of sp³-hybridized carbons (Fsp3) is 0.417. The first-order chi connectivity index (χ1) is 19.9. The lowest BCUT2D eigenvalue weighted by Crippen LogP contribution is -2.13. The lowest BCUT2D eigenvalue weighted by Gasteiger charge is -2.01. The van der Waals surface area contributed by atoms with Crippen LogP contribution in [-0.4, -0.2) is 19.9 Å². The van der Waals surface area contributed by atoms with Crippen LogP contribution in [0.3, 0.4) is 0 Å². The number of hydrogen-bond acceptors (Lipinski definition) is 1. The Labute approximate surface area is 243 Å². The van der Waals surface area contributed by atoms with Gasteiger partial charge < -0.3 is 19.9 Å². The first-order valence-corrected chi connectivity index (χ1v) is 15.6. The van der Waals surface area contributed by atoms with Gasteiger partial charge in [-0.25, -0.2) is 0 Å². The maximum Gasteiger partial charge on any atom is 0.0625 e. The molecular weight excluding hydrogens is 502 g/mol. The van der Waals surface area contributed by atoms with Crippen molar-refractivity contribution in [1.82, 2.24) is 19.9 Å². The topological polar surface area (TPSA) is 86.9 Å². The summed E-state index contributed by atoms with van der Waals surface area (Å²) in [7, 11) is 0. The van der Waals surface area contributed by atoms with Crippen molar-refractivity contribution in [3.63, 3.8) is 0 Å². The second-order valence-electron chi connectivity index (χ2n) is 11.1. The minimum Gasteiger partial charge on any atom is -0.355 e. The highest BCUT2D eigenvalue weighted by Crippen LogP contribution is 2.24. The zero-order valence-electron chi connectivity index (χ0n) is 25.9. The number of nitrogens with zero attached hydrogens (tertiary/aromatic N) is 1. The van der Waals surface area contributed by atoms with Crippen molar-refractivity contribution in [2.75, 3.05) is 0 Å². The van der Waals surface area contributed by atoms with Gasteiger partial charge in [0.05, 0.1) is 6.07 Å². The van der Waals surface area contributed by atoms with Gasteiger partial charge in [0.1, 0.15) is 0 Å². The quantitative estimate of drug-likeness (QED) is 0.222. The summed E-state index contributed by atoms with van der Waals surface area (Å²) in [5.74, 6) is 0. The molecule has 5 heterocycles. The minimum absolute atomic E-state index is 0.500. The fourth-order valence-electron chi connectivity index (χ4n) is 7.05. The number of nitrogens with one attached hydrogen (secondary N) is 4. The molecule has 0 saturated heterocycles. The molecule has 5 nitrogen and oxygen atoms in total. The van der Waals surface area contributed by atoms with Crippen LogP contribution in [0.5, 0.6) is 0 Å². The number of H-pyrrole nitrogens is 4. The van der Waals surface area contributed by atoms with E-state index in [9.17, 15) is 5.26 Å². The predicted octanol–water partition coefficient (Wildman–Crippen LogP) is 4.77. The smallest absolute Gasteiger partial charge is 0.0625 e. The molecule has 0 unspecified atom stereocenters. The second-order valence-corrected chi connectivity index (χ2v) is 11.1. The first kappa shape index (κ1) is 28.6. The third-order valence-electron chi connectivity index (χ3n) is 9.07. The molecule has 0 spiro atoms. The van der Waals surface area contributed by atoms with Gasteiger partial charge in [-0.2, -0.15) is 5.26 Å². The Morgan fingerprint density at radius 2 is 0.829 bits per heavy atom. The molecule has 0 saturated carbocycles. The van der Waals surface area contributed by atoms with Crippen LogP contribution >= 0.6 is 0 Å². The van der Waals surface area contributed by atoms with Crippen molar-refractivity contribution in [3.8, 4) is 6.07 Å². The molecule has 5 rings (SSSR count). The summed E-state index contributed by atoms with van der Waals surface area (Å²) in [6.45, 7) is 15.7. The predicted molar refractivity (Wildman–Crippen MR) is 171 cm³/mol. The van der Waals surface area contributed by atoms with E-state index in [0.29, 0.717) is 6.42 Å². The Bertz CT molecular complexity index is 1870. The van der Waals surface area contributed by atoms with Crippen LogP contribution in [0, 0.1) is 18.3 Å². The maximum atomic E-state index is 9.43. The summed E-state index contributed by atoms with van der Waals surface area (Å²) in [5, 5.41) is 14.1. The Balaban J connectivity index is 1.98. The van der Waals surface area contributed by atoms with Crippen molar-refractivity contribution in [3.05, 3.63) is 88.7 Å². The highest BCUT2D eigenvalue weighted by molar-refractivity contribution is 5.65. The average Bonchev–Trinajstić information content (AvgIpc) is 3.67. The number of aromatic nitrogens is 4. The third kappa shape index (κ3) is 4.95. The summed E-state index contributed by atoms with van der Waals surface area (Å²) in [4.78, 5) is 15.2. The monoisotopic (exact) mass is 547 g/mol. The van der Waals surface area contributed by atoms with E-state index in [1.807, 2.05) is 0 Å². The van der Waals surface area contributed by atoms with Gasteiger partial charge in [-0.1, -0.05) is 41.5 Å². The van der Waals surface area contributed by atoms with E-state index in [1.54, 1.807) is 0 Å². The number of fused-ring (bicyclic) bond motifs is 8. The van der Waals surface area contributed by atoms with Gasteiger partial charge in [-0.05, 0) is 121 Å². The van der Waals surface area contributed by atoms with Gasteiger partial charge in [-0.15, -0.1) is 0 Å². The molecular formula is C36H45N5. The second kappa shape index (κ2) is 11.9. The number of aromatic amines is 4. The molecule has 4 aromatic heterocycles. The maximum absolute atomic E-state index is 9.43. The van der Waals surface area contributed by atoms with E-state index in [1.165, 1.54) is 71.9 Å². The van der Waals surface area contributed by atoms with Crippen LogP contribution in [0.4, 0.5) is 0 Å². The van der Waals surface area contributed by atoms with E-state index in [-0.39, 0.29) is 0 Å². The standard InChI is InChI=1S/C36H45N5/c1-8-22-23(9-2)31-18-32-24(10-3)25(11-4)33(40-32)19-34-26(12-5)27(13-6)35(41-34)20-36-28(15-14-16-37)21(7)29(38-36)17-30(22)39-31/h17-20,38-41H,8-15H2,1-7H3/b29-17?,30-17-,31-18-,32-18?,33-19?,34-19-,35-20-,36-20?. The van der Waals surface area contributed by atoms with Crippen LogP contribution in [0.15, 0.2) is 0 Å². The molecule has 41 heavy (non-hydrogen) atoms. The van der Waals surface area contributed by atoms with Crippen molar-refractivity contribution < 1.29 is 0 Å². The molecule has 1 aliphatic rings. The number of hydrogen-bond donors (Lipinski definition) is 4. The summed E-state index contributed by atoms with van der Waals surface area (Å²) in [6.07, 6.45) is 16.3. The Kier molecular flexibility index (Phi) is 8.31. The Hall–Kier alpha value is -3.91. The molecule has 0 fully saturated rings. The molecule has 5 heteroatoms. The average molecular weight is 548 g/mol. The van der Waals surface area contributed by atoms with Gasteiger partial charge in [-0.3, -0.25) is 0 Å². The van der Waals surface area contributed by atoms with Crippen molar-refractivity contribution in [2.45, 2.75) is 99.8 Å². The molecule has 214 valence electrons. The van der Waals surface area contributed by atoms with E-state index in [4.69, 9.17) is 0 Å². The first-order valence-electron chi connectivity index (χ1n) is 15.6. The summed E-state index contributed by atoms with van der Waals surface area (Å²) in [6, 6.07) is 2.36. The highest BCUT2D eigenvalue weighted by Gasteiger charge is 2.17. The molecule has 0 aliphatic carbocycles. The van der Waals surface area contributed by atoms with E-state index < -0.39 is 0 Å². The highest BCUT2D eigenvalue weighted by atomic mass is 14.8. The Morgan fingerprint density at radius 1 is 0.488 bits per heavy atom. The van der Waals surface area contributed by atoms with Crippen LogP contribution in [0.2, 0.25) is 0 Å². The van der Waals surface area contributed by atoms with Gasteiger partial charge in [0, 0.05) is 50.6 Å². The van der Waals surface area contributed by atoms with Crippen molar-refractivity contribution in [1.29, 1.82) is 5.26 Å². The number of nitriles is 1. The van der Waals surface area contributed by atoms with Crippen LogP contribution in [-0.2, 0) is 44.9 Å². The SMILES string of the molecule is CCc1c2[nH]c(c1CC)/C=c1\[nH]/c(c(CC)c1CC)=C\c1[nH]c(c(C)c1CCC#N)/C=c1\[nH]/c(c(CC)c1CC)=C\2. The van der Waals surface area contributed by atoms with Gasteiger partial charge in [0.25, 0.3) is 0 Å². The summed E-state index contributed by atoms with van der Waals surface area (Å²) in [5.41, 5.74) is 15.4. The molecule has 0 aromatic carbocycles. The fourth-order valence-corrected chi connectivity index (χ4v) is 7.05. The van der Waals surface area contributed by atoms with E-state index >= 15 is 0 Å². The van der Waals surface area contributed by atoms with Gasteiger partial charge in [0.15, 0.2) is 0 Å². The molecule has 0 atom stereocenters. The van der Waals surface area contributed by atoms with Crippen LogP contribution < -0.4 is 21.4 Å². The molecule has 0 radical (unpaired) electrons. The molecule has 1 aliphatic heterocycles. The Morgan fingerprint density at radius 3 is 1.20 bits per heavy atom. The third-order valence-corrected chi connectivity index (χ3v) is 9.07. The van der Waals surface area contributed by atoms with Crippen LogP contribution in [0.1, 0.15) is 115 Å². The minimum atomic E-state index is 0.500. The van der Waals surface area contributed by atoms with Gasteiger partial charge in [0.2, 0.25) is 0 Å². The van der Waals surface area contributed by atoms with Crippen LogP contribution in [0.25, 0.3) is 24.3 Å². The zero-order valence-corrected chi connectivity index (χ0v) is 25.9. The van der Waals surface area contributed by atoms with Crippen molar-refractivity contribution in [2.24, 2.45) is 0 Å². The lowest BCUT2D eigenvalue weighted by atomic mass is 10.0. The van der Waals surface area contributed by atoms with E-state index in [0.717, 1.165) is 61.7 Å². The zero-order chi connectivity index (χ0) is 29.3. The van der Waals surface area contributed by atoms with Gasteiger partial charge >= 0.3 is 0 Å². The normalized spacial score (nSPS) is 15.7. The van der Waals surface area contributed by atoms with Crippen molar-refractivity contribution >= 4 is 24.3 Å². The van der Waals surface area contributed by atoms with E-state index in [2.05, 4.69) is 98.8 Å². The molecule has 4 N–H and O–H groups in total. The molecule has 8 bridgehead atoms. The molecule has 4 aromatic rings.